The molecule has 1 amide bonds. The molecule has 0 aliphatic rings. The second kappa shape index (κ2) is 6.64. The van der Waals surface area contributed by atoms with Crippen molar-refractivity contribution in [3.05, 3.63) is 66.0 Å². The fraction of sp³-hybridized carbons (Fsp3) is 0.0714. The maximum absolute atomic E-state index is 13.7. The second-order valence-electron chi connectivity index (χ2n) is 3.95. The smallest absolute Gasteiger partial charge is 0.268 e. The molecule has 0 N–H and O–H groups in total. The minimum absolute atomic E-state index is 0.202. The largest absolute Gasteiger partial charge is 0.324 e. The Kier molecular flexibility index (Phi) is 5.08. The zero-order chi connectivity index (χ0) is 15.5. The first-order valence-corrected chi connectivity index (χ1v) is 7.31. The highest BCUT2D eigenvalue weighted by Gasteiger charge is 2.32. The lowest BCUT2D eigenvalue weighted by Crippen LogP contribution is -2.28. The zero-order valence-corrected chi connectivity index (χ0v) is 12.8. The summed E-state index contributed by atoms with van der Waals surface area (Å²) in [7, 11) is 0. The number of alkyl halides is 3. The van der Waals surface area contributed by atoms with E-state index in [1.807, 2.05) is 0 Å². The van der Waals surface area contributed by atoms with Gasteiger partial charge in [-0.1, -0.05) is 53.5 Å². The number of hydrogen-bond donors (Lipinski definition) is 0. The summed E-state index contributed by atoms with van der Waals surface area (Å²) in [6.07, 6.45) is 0. The molecule has 7 heteroatoms. The molecule has 2 nitrogen and oxygen atoms in total. The van der Waals surface area contributed by atoms with Crippen LogP contribution in [0.5, 0.6) is 0 Å². The molecular weight excluding hydrogens is 339 g/mol. The van der Waals surface area contributed by atoms with Gasteiger partial charge in [0.1, 0.15) is 5.82 Å². The lowest BCUT2D eigenvalue weighted by atomic mass is 10.2. The number of halogens is 4. The van der Waals surface area contributed by atoms with Gasteiger partial charge in [0.05, 0.1) is 11.3 Å². The van der Waals surface area contributed by atoms with E-state index in [2.05, 4.69) is 0 Å². The van der Waals surface area contributed by atoms with E-state index in [0.29, 0.717) is 5.69 Å². The number of benzene rings is 2. The molecule has 0 saturated carbocycles. The summed E-state index contributed by atoms with van der Waals surface area (Å²) in [6, 6.07) is 13.6. The number of carbonyl (C=O) groups excluding carboxylic acids is 1. The number of carbonyl (C=O) groups is 1. The van der Waals surface area contributed by atoms with Crippen molar-refractivity contribution in [3.8, 4) is 0 Å². The predicted octanol–water partition coefficient (Wildman–Crippen LogP) is 5.18. The first-order valence-electron chi connectivity index (χ1n) is 5.78. The van der Waals surface area contributed by atoms with Gasteiger partial charge in [-0.05, 0) is 24.3 Å². The highest BCUT2D eigenvalue weighted by molar-refractivity contribution is 8.05. The van der Waals surface area contributed by atoms with Crippen molar-refractivity contribution < 1.29 is 13.6 Å². The highest BCUT2D eigenvalue weighted by Crippen LogP contribution is 2.41. The molecule has 110 valence electrons. The van der Waals surface area contributed by atoms with Gasteiger partial charge in [-0.25, -0.2) is 8.70 Å². The molecule has 0 heterocycles. The van der Waals surface area contributed by atoms with Gasteiger partial charge in [0.15, 0.2) is 0 Å². The molecule has 0 unspecified atom stereocenters. The van der Waals surface area contributed by atoms with E-state index in [-0.39, 0.29) is 17.5 Å². The van der Waals surface area contributed by atoms with Crippen LogP contribution in [0, 0.1) is 5.82 Å². The monoisotopic (exact) mass is 347 g/mol. The lowest BCUT2D eigenvalue weighted by Gasteiger charge is -2.24. The van der Waals surface area contributed by atoms with Crippen molar-refractivity contribution in [2.45, 2.75) is 3.92 Å². The van der Waals surface area contributed by atoms with Gasteiger partial charge in [0, 0.05) is 11.9 Å². The van der Waals surface area contributed by atoms with E-state index in [1.165, 1.54) is 18.2 Å². The van der Waals surface area contributed by atoms with Crippen LogP contribution < -0.4 is 4.31 Å². The molecule has 2 aromatic carbocycles. The minimum atomic E-state index is -2.73. The van der Waals surface area contributed by atoms with Crippen LogP contribution in [0.3, 0.4) is 0 Å². The molecule has 0 fully saturated rings. The quantitative estimate of drug-likeness (QED) is 0.561. The van der Waals surface area contributed by atoms with Gasteiger partial charge in [0.25, 0.3) is 5.91 Å². The first kappa shape index (κ1) is 16.1. The molecule has 2 rings (SSSR count). The van der Waals surface area contributed by atoms with Crippen molar-refractivity contribution in [2.24, 2.45) is 0 Å². The molecule has 0 aliphatic heterocycles. The molecule has 0 aliphatic carbocycles. The maximum Gasteiger partial charge on any atom is 0.324 e. The van der Waals surface area contributed by atoms with Gasteiger partial charge in [0.2, 0.25) is 0 Å². The summed E-state index contributed by atoms with van der Waals surface area (Å²) in [5, 5.41) is 0. The summed E-state index contributed by atoms with van der Waals surface area (Å²) < 4.78 is 25.4. The minimum Gasteiger partial charge on any atom is -0.268 e. The number of hydrogen-bond acceptors (Lipinski definition) is 2. The average molecular weight is 348 g/mol. The molecule has 0 aromatic heterocycles. The van der Waals surface area contributed by atoms with Crippen LogP contribution in [-0.2, 0) is 0 Å². The van der Waals surface area contributed by atoms with Crippen molar-refractivity contribution in [1.82, 2.24) is 0 Å². The molecular formula is C14H9Cl2F2NOS. The number of para-hydroxylation sites is 1. The second-order valence-corrected chi connectivity index (χ2v) is 6.75. The molecule has 0 bridgehead atoms. The van der Waals surface area contributed by atoms with Crippen molar-refractivity contribution in [1.29, 1.82) is 0 Å². The molecule has 2 aromatic rings. The van der Waals surface area contributed by atoms with Gasteiger partial charge < -0.3 is 0 Å². The SMILES string of the molecule is O=C(c1ccccc1F)N(SC(F)(Cl)Cl)c1ccccc1. The van der Waals surface area contributed by atoms with Crippen molar-refractivity contribution in [3.63, 3.8) is 0 Å². The van der Waals surface area contributed by atoms with Crippen molar-refractivity contribution >= 4 is 46.7 Å². The van der Waals surface area contributed by atoms with E-state index < -0.39 is 15.6 Å². The molecule has 21 heavy (non-hydrogen) atoms. The van der Waals surface area contributed by atoms with E-state index in [9.17, 15) is 13.6 Å². The fourth-order valence-electron chi connectivity index (χ4n) is 1.62. The van der Waals surface area contributed by atoms with E-state index in [0.717, 1.165) is 10.4 Å². The van der Waals surface area contributed by atoms with Crippen molar-refractivity contribution in [2.75, 3.05) is 4.31 Å². The Labute approximate surface area is 134 Å². The Morgan fingerprint density at radius 3 is 2.19 bits per heavy atom. The summed E-state index contributed by atoms with van der Waals surface area (Å²) in [4.78, 5) is 12.4. The number of anilines is 1. The van der Waals surface area contributed by atoms with Gasteiger partial charge in [-0.2, -0.15) is 4.39 Å². The van der Waals surface area contributed by atoms with E-state index in [1.54, 1.807) is 30.3 Å². The van der Waals surface area contributed by atoms with Crippen LogP contribution in [0.15, 0.2) is 54.6 Å². The van der Waals surface area contributed by atoms with Crippen LogP contribution in [-0.4, -0.2) is 9.83 Å². The highest BCUT2D eigenvalue weighted by atomic mass is 35.5. The topological polar surface area (TPSA) is 20.3 Å². The molecule has 0 spiro atoms. The third-order valence-electron chi connectivity index (χ3n) is 2.47. The number of amides is 1. The number of nitrogens with zero attached hydrogens (tertiary/aromatic N) is 1. The number of rotatable bonds is 4. The van der Waals surface area contributed by atoms with Gasteiger partial charge >= 0.3 is 3.92 Å². The zero-order valence-electron chi connectivity index (χ0n) is 10.5. The van der Waals surface area contributed by atoms with Crippen LogP contribution in [0.2, 0.25) is 0 Å². The van der Waals surface area contributed by atoms with Crippen LogP contribution in [0.25, 0.3) is 0 Å². The Morgan fingerprint density at radius 1 is 1.05 bits per heavy atom. The third-order valence-corrected chi connectivity index (χ3v) is 3.65. The van der Waals surface area contributed by atoms with Gasteiger partial charge in [-0.15, -0.1) is 0 Å². The van der Waals surface area contributed by atoms with Gasteiger partial charge in [-0.3, -0.25) is 4.79 Å². The lowest BCUT2D eigenvalue weighted by molar-refractivity contribution is 0.100. The van der Waals surface area contributed by atoms with Crippen LogP contribution >= 0.6 is 35.1 Å². The first-order chi connectivity index (χ1) is 9.88. The van der Waals surface area contributed by atoms with Crippen LogP contribution in [0.4, 0.5) is 14.5 Å². The molecule has 0 atom stereocenters. The summed E-state index contributed by atoms with van der Waals surface area (Å²) in [5.41, 5.74) is 0.130. The third kappa shape index (κ3) is 4.33. The summed E-state index contributed by atoms with van der Waals surface area (Å²) >= 11 is 10.9. The Morgan fingerprint density at radius 2 is 1.62 bits per heavy atom. The maximum atomic E-state index is 13.7. The normalized spacial score (nSPS) is 11.2. The average Bonchev–Trinajstić information content (AvgIpc) is 2.45. The summed E-state index contributed by atoms with van der Waals surface area (Å²) in [5.74, 6) is -1.47. The molecule has 0 saturated heterocycles. The van der Waals surface area contributed by atoms with E-state index in [4.69, 9.17) is 23.2 Å². The standard InChI is InChI=1S/C14H9Cl2F2NOS/c15-14(16,18)21-19(10-6-2-1-3-7-10)13(20)11-8-4-5-9-12(11)17/h1-9H. The fourth-order valence-corrected chi connectivity index (χ4v) is 2.65. The van der Waals surface area contributed by atoms with Crippen LogP contribution in [0.1, 0.15) is 10.4 Å². The Hall–Kier alpha value is -1.30. The summed E-state index contributed by atoms with van der Waals surface area (Å²) in [6.45, 7) is 0. The Bertz CT molecular complexity index is 634. The predicted molar refractivity (Wildman–Crippen MR) is 82.8 cm³/mol. The van der Waals surface area contributed by atoms with E-state index >= 15 is 0 Å². The molecule has 0 radical (unpaired) electrons. The Balaban J connectivity index is 2.41.